The quantitative estimate of drug-likeness (QED) is 0.394. The third-order valence-electron chi connectivity index (χ3n) is 6.67. The maximum atomic E-state index is 13.8. The molecule has 0 fully saturated rings. The molecule has 0 bridgehead atoms. The molecule has 3 heterocycles. The normalized spacial score (nSPS) is 16.8. The number of hydrogen-bond acceptors (Lipinski definition) is 6. The molecule has 1 aliphatic rings. The Balaban J connectivity index is 1.45. The van der Waals surface area contributed by atoms with Crippen molar-refractivity contribution < 1.29 is 23.5 Å². The van der Waals surface area contributed by atoms with E-state index in [4.69, 9.17) is 13.9 Å². The summed E-state index contributed by atoms with van der Waals surface area (Å²) in [4.78, 5) is 29.1. The molecule has 37 heavy (non-hydrogen) atoms. The van der Waals surface area contributed by atoms with Crippen LogP contribution in [0, 0.1) is 0 Å². The Hall–Kier alpha value is -4.53. The summed E-state index contributed by atoms with van der Waals surface area (Å²) in [5.41, 5.74) is 1.55. The fourth-order valence-corrected chi connectivity index (χ4v) is 4.46. The van der Waals surface area contributed by atoms with Gasteiger partial charge in [-0.2, -0.15) is 5.10 Å². The van der Waals surface area contributed by atoms with E-state index in [1.54, 1.807) is 55.2 Å². The topological polar surface area (TPSA) is 98.8 Å². The van der Waals surface area contributed by atoms with Crippen molar-refractivity contribution in [3.8, 4) is 23.0 Å². The number of carbonyl (C=O) groups is 2. The largest absolute Gasteiger partial charge is 0.497 e. The van der Waals surface area contributed by atoms with Crippen LogP contribution in [0.4, 0.5) is 0 Å². The average molecular weight is 501 g/mol. The molecule has 190 valence electrons. The highest BCUT2D eigenvalue weighted by Gasteiger charge is 2.48. The second kappa shape index (κ2) is 9.85. The van der Waals surface area contributed by atoms with Crippen molar-refractivity contribution in [2.75, 3.05) is 14.2 Å². The molecule has 0 saturated carbocycles. The Morgan fingerprint density at radius 1 is 1.03 bits per heavy atom. The number of nitrogens with one attached hydrogen (secondary N) is 1. The number of fused-ring (bicyclic) bond motifs is 1. The second-order valence-electron chi connectivity index (χ2n) is 9.09. The van der Waals surface area contributed by atoms with Crippen molar-refractivity contribution in [3.05, 3.63) is 89.8 Å². The lowest BCUT2D eigenvalue weighted by molar-refractivity contribution is -0.133. The third kappa shape index (κ3) is 4.67. The lowest BCUT2D eigenvalue weighted by Crippen LogP contribution is -2.63. The van der Waals surface area contributed by atoms with Crippen LogP contribution >= 0.6 is 0 Å². The fraction of sp³-hybridized carbons (Fsp3) is 0.250. The van der Waals surface area contributed by atoms with E-state index >= 15 is 0 Å². The molecule has 2 amide bonds. The summed E-state index contributed by atoms with van der Waals surface area (Å²) >= 11 is 0. The van der Waals surface area contributed by atoms with Gasteiger partial charge in [0.15, 0.2) is 5.76 Å². The molecular formula is C28H28N4O5. The Morgan fingerprint density at radius 3 is 2.27 bits per heavy atom. The van der Waals surface area contributed by atoms with E-state index < -0.39 is 5.54 Å². The molecule has 9 heteroatoms. The van der Waals surface area contributed by atoms with Crippen LogP contribution in [-0.2, 0) is 24.4 Å². The van der Waals surface area contributed by atoms with Gasteiger partial charge >= 0.3 is 0 Å². The summed E-state index contributed by atoms with van der Waals surface area (Å²) in [5.74, 6) is 1.46. The number of benzene rings is 2. The number of nitrogens with zero attached hydrogens (tertiary/aromatic N) is 3. The molecule has 9 nitrogen and oxygen atoms in total. The van der Waals surface area contributed by atoms with Gasteiger partial charge < -0.3 is 24.1 Å². The van der Waals surface area contributed by atoms with Gasteiger partial charge in [-0.15, -0.1) is 0 Å². The number of carbonyl (C=O) groups excluding carboxylic acids is 2. The minimum atomic E-state index is -1.19. The van der Waals surface area contributed by atoms with Crippen LogP contribution in [0.25, 0.3) is 11.5 Å². The van der Waals surface area contributed by atoms with Gasteiger partial charge in [-0.3, -0.25) is 14.3 Å². The SMILES string of the molecule is COc1ccc(CNC(=O)[C@@]2(C)Cn3nc(-c4ccco4)cc3C(=O)N2Cc2ccc(OC)cc2)cc1. The van der Waals surface area contributed by atoms with Crippen LogP contribution in [0.3, 0.4) is 0 Å². The third-order valence-corrected chi connectivity index (χ3v) is 6.67. The van der Waals surface area contributed by atoms with E-state index in [-0.39, 0.29) is 24.9 Å². The Kier molecular flexibility index (Phi) is 6.43. The first kappa shape index (κ1) is 24.2. The molecule has 2 aromatic heterocycles. The Labute approximate surface area is 214 Å². The van der Waals surface area contributed by atoms with Crippen molar-refractivity contribution in [1.82, 2.24) is 20.0 Å². The summed E-state index contributed by atoms with van der Waals surface area (Å²) < 4.78 is 17.5. The standard InChI is InChI=1S/C28H28N4O5/c1-28(27(34)29-16-19-6-10-21(35-2)11-7-19)18-32-24(15-23(30-32)25-5-4-14-37-25)26(33)31(28)17-20-8-12-22(36-3)13-9-20/h4-15H,16-18H2,1-3H3,(H,29,34)/t28-/m1/s1. The molecular weight excluding hydrogens is 472 g/mol. The van der Waals surface area contributed by atoms with Crippen molar-refractivity contribution in [1.29, 1.82) is 0 Å². The summed E-state index contributed by atoms with van der Waals surface area (Å²) in [6, 6.07) is 20.2. The van der Waals surface area contributed by atoms with Crippen LogP contribution in [-0.4, -0.2) is 46.3 Å². The first-order valence-corrected chi connectivity index (χ1v) is 11.9. The highest BCUT2D eigenvalue weighted by atomic mass is 16.5. The van der Waals surface area contributed by atoms with Crippen LogP contribution in [0.5, 0.6) is 11.5 Å². The van der Waals surface area contributed by atoms with Gasteiger partial charge in [0.25, 0.3) is 5.91 Å². The molecule has 1 atom stereocenters. The molecule has 2 aromatic carbocycles. The number of furan rings is 1. The van der Waals surface area contributed by atoms with Gasteiger partial charge in [0, 0.05) is 19.2 Å². The summed E-state index contributed by atoms with van der Waals surface area (Å²) in [6.07, 6.45) is 1.56. The Bertz CT molecular complexity index is 1390. The molecule has 5 rings (SSSR count). The zero-order chi connectivity index (χ0) is 26.0. The molecule has 0 aliphatic carbocycles. The smallest absolute Gasteiger partial charge is 0.273 e. The van der Waals surface area contributed by atoms with E-state index in [9.17, 15) is 9.59 Å². The summed E-state index contributed by atoms with van der Waals surface area (Å²) in [7, 11) is 3.21. The molecule has 0 saturated heterocycles. The minimum absolute atomic E-state index is 0.194. The summed E-state index contributed by atoms with van der Waals surface area (Å²) in [5, 5.41) is 7.60. The van der Waals surface area contributed by atoms with E-state index in [1.165, 1.54) is 0 Å². The number of hydrogen-bond donors (Lipinski definition) is 1. The average Bonchev–Trinajstić information content (AvgIpc) is 3.61. The van der Waals surface area contributed by atoms with Gasteiger partial charge in [0.05, 0.1) is 27.0 Å². The highest BCUT2D eigenvalue weighted by molar-refractivity contribution is 6.00. The van der Waals surface area contributed by atoms with Gasteiger partial charge in [0.1, 0.15) is 28.4 Å². The second-order valence-corrected chi connectivity index (χ2v) is 9.09. The van der Waals surface area contributed by atoms with Gasteiger partial charge in [-0.05, 0) is 54.4 Å². The monoisotopic (exact) mass is 500 g/mol. The van der Waals surface area contributed by atoms with Gasteiger partial charge in [-0.1, -0.05) is 24.3 Å². The number of methoxy groups -OCH3 is 2. The minimum Gasteiger partial charge on any atom is -0.497 e. The van der Waals surface area contributed by atoms with Gasteiger partial charge in [-0.25, -0.2) is 0 Å². The maximum absolute atomic E-state index is 13.8. The lowest BCUT2D eigenvalue weighted by atomic mass is 9.94. The predicted octanol–water partition coefficient (Wildman–Crippen LogP) is 3.89. The van der Waals surface area contributed by atoms with E-state index in [0.29, 0.717) is 23.7 Å². The molecule has 1 aliphatic heterocycles. The van der Waals surface area contributed by atoms with Crippen molar-refractivity contribution in [2.24, 2.45) is 0 Å². The number of aromatic nitrogens is 2. The molecule has 0 unspecified atom stereocenters. The van der Waals surface area contributed by atoms with E-state index in [1.807, 2.05) is 48.5 Å². The Morgan fingerprint density at radius 2 is 1.68 bits per heavy atom. The van der Waals surface area contributed by atoms with Crippen molar-refractivity contribution >= 4 is 11.8 Å². The number of rotatable bonds is 8. The molecule has 1 N–H and O–H groups in total. The molecule has 4 aromatic rings. The number of ether oxygens (including phenoxy) is 2. The van der Waals surface area contributed by atoms with Crippen LogP contribution < -0.4 is 14.8 Å². The molecule has 0 spiro atoms. The highest BCUT2D eigenvalue weighted by Crippen LogP contribution is 2.32. The van der Waals surface area contributed by atoms with E-state index in [0.717, 1.165) is 22.6 Å². The van der Waals surface area contributed by atoms with Crippen molar-refractivity contribution in [3.63, 3.8) is 0 Å². The maximum Gasteiger partial charge on any atom is 0.273 e. The van der Waals surface area contributed by atoms with Crippen LogP contribution in [0.2, 0.25) is 0 Å². The zero-order valence-corrected chi connectivity index (χ0v) is 20.9. The number of amides is 2. The molecule has 0 radical (unpaired) electrons. The fourth-order valence-electron chi connectivity index (χ4n) is 4.46. The van der Waals surface area contributed by atoms with Crippen LogP contribution in [0.1, 0.15) is 28.5 Å². The zero-order valence-electron chi connectivity index (χ0n) is 20.9. The summed E-state index contributed by atoms with van der Waals surface area (Å²) in [6.45, 7) is 2.53. The first-order chi connectivity index (χ1) is 17.9. The van der Waals surface area contributed by atoms with Gasteiger partial charge in [0.2, 0.25) is 5.91 Å². The lowest BCUT2D eigenvalue weighted by Gasteiger charge is -2.43. The van der Waals surface area contributed by atoms with E-state index in [2.05, 4.69) is 10.4 Å². The van der Waals surface area contributed by atoms with Crippen molar-refractivity contribution in [2.45, 2.75) is 32.1 Å². The van der Waals surface area contributed by atoms with Crippen LogP contribution in [0.15, 0.2) is 77.4 Å². The predicted molar refractivity (Wildman–Crippen MR) is 136 cm³/mol. The first-order valence-electron chi connectivity index (χ1n) is 11.9.